The maximum absolute atomic E-state index is 12.6. The molecule has 0 spiro atoms. The normalized spacial score (nSPS) is 13.5. The molecule has 1 amide bonds. The number of hydrogen-bond donors (Lipinski definition) is 0. The van der Waals surface area contributed by atoms with Gasteiger partial charge < -0.3 is 9.64 Å². The van der Waals surface area contributed by atoms with E-state index in [1.54, 1.807) is 24.1 Å². The zero-order valence-corrected chi connectivity index (χ0v) is 15.5. The van der Waals surface area contributed by atoms with Gasteiger partial charge in [0.1, 0.15) is 5.69 Å². The van der Waals surface area contributed by atoms with Crippen LogP contribution < -0.4 is 0 Å². The van der Waals surface area contributed by atoms with Gasteiger partial charge in [-0.05, 0) is 24.5 Å². The third kappa shape index (κ3) is 3.24. The Morgan fingerprint density at radius 1 is 1.29 bits per heavy atom. The second-order valence-electron chi connectivity index (χ2n) is 5.23. The number of aromatic nitrogens is 2. The lowest BCUT2D eigenvalue weighted by atomic mass is 10.1. The quantitative estimate of drug-likeness (QED) is 0.580. The average molecular weight is 384 g/mol. The summed E-state index contributed by atoms with van der Waals surface area (Å²) in [5.74, 6) is -0.105. The molecule has 0 aliphatic carbocycles. The van der Waals surface area contributed by atoms with Gasteiger partial charge in [0, 0.05) is 29.8 Å². The summed E-state index contributed by atoms with van der Waals surface area (Å²) in [5, 5.41) is 1.59. The van der Waals surface area contributed by atoms with Gasteiger partial charge in [0.15, 0.2) is 5.16 Å². The third-order valence-electron chi connectivity index (χ3n) is 3.76. The van der Waals surface area contributed by atoms with Gasteiger partial charge in [-0.25, -0.2) is 9.97 Å². The van der Waals surface area contributed by atoms with Gasteiger partial charge in [-0.3, -0.25) is 4.79 Å². The van der Waals surface area contributed by atoms with Gasteiger partial charge >= 0.3 is 0 Å². The Kier molecular flexibility index (Phi) is 5.30. The largest absolute Gasteiger partial charge is 0.383 e. The van der Waals surface area contributed by atoms with Crippen molar-refractivity contribution in [3.8, 4) is 11.3 Å². The first-order valence-corrected chi connectivity index (χ1v) is 9.21. The summed E-state index contributed by atoms with van der Waals surface area (Å²) in [6.45, 7) is 1.42. The second kappa shape index (κ2) is 7.27. The first-order valence-electron chi connectivity index (χ1n) is 7.23. The molecule has 0 N–H and O–H groups in total. The number of carbonyl (C=O) groups excluding carboxylic acids is 1. The van der Waals surface area contributed by atoms with Crippen molar-refractivity contribution in [3.05, 3.63) is 39.5 Å². The number of amides is 1. The molecule has 1 aromatic heterocycles. The van der Waals surface area contributed by atoms with Crippen LogP contribution in [0.2, 0.25) is 10.0 Å². The lowest BCUT2D eigenvalue weighted by Gasteiger charge is -2.14. The van der Waals surface area contributed by atoms with Crippen molar-refractivity contribution in [2.75, 3.05) is 26.5 Å². The van der Waals surface area contributed by atoms with Crippen LogP contribution in [0.15, 0.2) is 23.4 Å². The van der Waals surface area contributed by atoms with Crippen LogP contribution in [0.3, 0.4) is 0 Å². The van der Waals surface area contributed by atoms with Gasteiger partial charge in [-0.2, -0.15) is 0 Å². The molecule has 1 aliphatic rings. The van der Waals surface area contributed by atoms with Crippen molar-refractivity contribution < 1.29 is 9.53 Å². The van der Waals surface area contributed by atoms with E-state index in [4.69, 9.17) is 27.9 Å². The first-order chi connectivity index (χ1) is 11.5. The summed E-state index contributed by atoms with van der Waals surface area (Å²) in [5.41, 5.74) is 2.65. The number of fused-ring (bicyclic) bond motifs is 1. The van der Waals surface area contributed by atoms with Crippen LogP contribution >= 0.6 is 35.0 Å². The maximum Gasteiger partial charge on any atom is 0.273 e. The topological polar surface area (TPSA) is 55.3 Å². The molecule has 0 atom stereocenters. The standard InChI is InChI=1S/C16H15Cl2N3O2S/c1-23-6-5-21-8-11-13(10-4-3-9(17)7-12(10)18)19-16(24-2)20-14(11)15(21)22/h3-4,7H,5-6,8H2,1-2H3. The summed E-state index contributed by atoms with van der Waals surface area (Å²) in [6.07, 6.45) is 1.87. The number of hydrogen-bond acceptors (Lipinski definition) is 5. The molecule has 2 heterocycles. The van der Waals surface area contributed by atoms with E-state index in [0.29, 0.717) is 46.3 Å². The van der Waals surface area contributed by atoms with Gasteiger partial charge in [0.2, 0.25) is 0 Å². The Morgan fingerprint density at radius 2 is 2.04 bits per heavy atom. The van der Waals surface area contributed by atoms with Gasteiger partial charge in [0.05, 0.1) is 23.9 Å². The highest BCUT2D eigenvalue weighted by atomic mass is 35.5. The highest BCUT2D eigenvalue weighted by Gasteiger charge is 2.33. The molecule has 8 heteroatoms. The van der Waals surface area contributed by atoms with E-state index in [2.05, 4.69) is 9.97 Å². The number of ether oxygens (including phenoxy) is 1. The van der Waals surface area contributed by atoms with Crippen LogP contribution in [0.4, 0.5) is 0 Å². The number of rotatable bonds is 5. The Morgan fingerprint density at radius 3 is 2.71 bits per heavy atom. The molecule has 1 aliphatic heterocycles. The van der Waals surface area contributed by atoms with Crippen LogP contribution in [0.25, 0.3) is 11.3 Å². The maximum atomic E-state index is 12.6. The van der Waals surface area contributed by atoms with Crippen molar-refractivity contribution in [3.63, 3.8) is 0 Å². The summed E-state index contributed by atoms with van der Waals surface area (Å²) in [6, 6.07) is 5.25. The summed E-state index contributed by atoms with van der Waals surface area (Å²) in [7, 11) is 1.61. The number of benzene rings is 1. The smallest absolute Gasteiger partial charge is 0.273 e. The molecule has 0 unspecified atom stereocenters. The zero-order chi connectivity index (χ0) is 17.3. The second-order valence-corrected chi connectivity index (χ2v) is 6.85. The molecular formula is C16H15Cl2N3O2S. The lowest BCUT2D eigenvalue weighted by Crippen LogP contribution is -2.27. The Balaban J connectivity index is 2.11. The fourth-order valence-electron chi connectivity index (χ4n) is 2.58. The molecule has 0 bridgehead atoms. The molecule has 0 saturated carbocycles. The molecule has 2 aromatic rings. The molecule has 126 valence electrons. The van der Waals surface area contributed by atoms with Crippen LogP contribution in [-0.2, 0) is 11.3 Å². The van der Waals surface area contributed by atoms with Gasteiger partial charge in [0.25, 0.3) is 5.91 Å². The monoisotopic (exact) mass is 383 g/mol. The summed E-state index contributed by atoms with van der Waals surface area (Å²) in [4.78, 5) is 23.3. The Bertz CT molecular complexity index is 801. The van der Waals surface area contributed by atoms with Crippen molar-refractivity contribution in [2.24, 2.45) is 0 Å². The van der Waals surface area contributed by atoms with Crippen molar-refractivity contribution in [1.29, 1.82) is 0 Å². The van der Waals surface area contributed by atoms with Gasteiger partial charge in [-0.15, -0.1) is 0 Å². The predicted molar refractivity (Wildman–Crippen MR) is 95.9 cm³/mol. The minimum atomic E-state index is -0.105. The molecule has 1 aromatic carbocycles. The highest BCUT2D eigenvalue weighted by Crippen LogP contribution is 2.36. The summed E-state index contributed by atoms with van der Waals surface area (Å²) < 4.78 is 5.07. The molecule has 3 rings (SSSR count). The van der Waals surface area contributed by atoms with Crippen LogP contribution in [0, 0.1) is 0 Å². The number of thioether (sulfide) groups is 1. The summed E-state index contributed by atoms with van der Waals surface area (Å²) >= 11 is 13.7. The van der Waals surface area contributed by atoms with E-state index in [9.17, 15) is 4.79 Å². The fourth-order valence-corrected chi connectivity index (χ4v) is 3.44. The molecule has 24 heavy (non-hydrogen) atoms. The number of methoxy groups -OCH3 is 1. The van der Waals surface area contributed by atoms with Crippen molar-refractivity contribution >= 4 is 40.9 Å². The highest BCUT2D eigenvalue weighted by molar-refractivity contribution is 7.98. The van der Waals surface area contributed by atoms with Crippen LogP contribution in [0.5, 0.6) is 0 Å². The molecule has 0 fully saturated rings. The van der Waals surface area contributed by atoms with Crippen LogP contribution in [-0.4, -0.2) is 47.3 Å². The fraction of sp³-hybridized carbons (Fsp3) is 0.312. The van der Waals surface area contributed by atoms with E-state index in [1.165, 1.54) is 11.8 Å². The van der Waals surface area contributed by atoms with E-state index in [-0.39, 0.29) is 5.91 Å². The zero-order valence-electron chi connectivity index (χ0n) is 13.2. The molecule has 0 radical (unpaired) electrons. The molecular weight excluding hydrogens is 369 g/mol. The molecule has 5 nitrogen and oxygen atoms in total. The van der Waals surface area contributed by atoms with Gasteiger partial charge in [-0.1, -0.05) is 35.0 Å². The van der Waals surface area contributed by atoms with E-state index >= 15 is 0 Å². The van der Waals surface area contributed by atoms with E-state index in [0.717, 1.165) is 11.1 Å². The van der Waals surface area contributed by atoms with E-state index < -0.39 is 0 Å². The SMILES string of the molecule is COCCN1Cc2c(nc(SC)nc2-c2ccc(Cl)cc2Cl)C1=O. The average Bonchev–Trinajstić information content (AvgIpc) is 2.88. The third-order valence-corrected chi connectivity index (χ3v) is 4.86. The van der Waals surface area contributed by atoms with Crippen LogP contribution in [0.1, 0.15) is 16.1 Å². The Hall–Kier alpha value is -1.34. The Labute approximate surface area is 154 Å². The first kappa shape index (κ1) is 17.5. The number of halogens is 2. The molecule has 0 saturated heterocycles. The number of carbonyl (C=O) groups is 1. The lowest BCUT2D eigenvalue weighted by molar-refractivity contribution is 0.0715. The van der Waals surface area contributed by atoms with E-state index in [1.807, 2.05) is 12.3 Å². The minimum absolute atomic E-state index is 0.105. The number of nitrogens with zero attached hydrogens (tertiary/aromatic N) is 3. The van der Waals surface area contributed by atoms with Crippen molar-refractivity contribution in [2.45, 2.75) is 11.7 Å². The van der Waals surface area contributed by atoms with Crippen molar-refractivity contribution in [1.82, 2.24) is 14.9 Å². The minimum Gasteiger partial charge on any atom is -0.383 e. The predicted octanol–water partition coefficient (Wildman–Crippen LogP) is 3.77.